The molecule has 0 bridgehead atoms. The Balaban J connectivity index is 2.00. The van der Waals surface area contributed by atoms with Gasteiger partial charge in [-0.2, -0.15) is 0 Å². The quantitative estimate of drug-likeness (QED) is 0.630. The van der Waals surface area contributed by atoms with E-state index >= 15 is 0 Å². The van der Waals surface area contributed by atoms with Gasteiger partial charge < -0.3 is 15.4 Å². The van der Waals surface area contributed by atoms with E-state index < -0.39 is 0 Å². The number of ether oxygens (including phenoxy) is 1. The molecule has 0 aliphatic rings. The van der Waals surface area contributed by atoms with Crippen molar-refractivity contribution in [3.8, 4) is 5.88 Å². The molecule has 2 N–H and O–H groups in total. The van der Waals surface area contributed by atoms with Gasteiger partial charge in [-0.1, -0.05) is 29.8 Å². The largest absolute Gasteiger partial charge is 0.481 e. The van der Waals surface area contributed by atoms with E-state index in [1.165, 1.54) is 0 Å². The summed E-state index contributed by atoms with van der Waals surface area (Å²) in [4.78, 5) is 8.76. The standard InChI is InChI=1S/C17H21ClN4O/c1-3-19-17(21-11-13-6-8-15(18)9-7-13)22-12-14-5-4-10-20-16(14)23-2/h4-10H,3,11-12H2,1-2H3,(H2,19,21,22). The highest BCUT2D eigenvalue weighted by atomic mass is 35.5. The van der Waals surface area contributed by atoms with Crippen LogP contribution in [-0.4, -0.2) is 24.6 Å². The van der Waals surface area contributed by atoms with E-state index in [-0.39, 0.29) is 0 Å². The number of methoxy groups -OCH3 is 1. The first-order valence-corrected chi connectivity index (χ1v) is 7.85. The molecule has 122 valence electrons. The minimum atomic E-state index is 0.580. The van der Waals surface area contributed by atoms with Crippen molar-refractivity contribution in [2.75, 3.05) is 13.7 Å². The smallest absolute Gasteiger partial charge is 0.218 e. The van der Waals surface area contributed by atoms with Crippen molar-refractivity contribution in [3.63, 3.8) is 0 Å². The first kappa shape index (κ1) is 17.1. The molecule has 0 saturated carbocycles. The maximum Gasteiger partial charge on any atom is 0.218 e. The van der Waals surface area contributed by atoms with Crippen molar-refractivity contribution in [2.45, 2.75) is 20.0 Å². The molecule has 0 aliphatic heterocycles. The Hall–Kier alpha value is -2.27. The Labute approximate surface area is 141 Å². The summed E-state index contributed by atoms with van der Waals surface area (Å²) >= 11 is 5.89. The Morgan fingerprint density at radius 2 is 2.00 bits per heavy atom. The lowest BCUT2D eigenvalue weighted by molar-refractivity contribution is 0.392. The molecule has 0 radical (unpaired) electrons. The second-order valence-corrected chi connectivity index (χ2v) is 5.28. The zero-order valence-electron chi connectivity index (χ0n) is 13.3. The minimum absolute atomic E-state index is 0.580. The SMILES string of the molecule is CCNC(=NCc1ccc(Cl)cc1)NCc1cccnc1OC. The number of aromatic nitrogens is 1. The fourth-order valence-electron chi connectivity index (χ4n) is 2.02. The molecule has 0 atom stereocenters. The highest BCUT2D eigenvalue weighted by Crippen LogP contribution is 2.13. The summed E-state index contributed by atoms with van der Waals surface area (Å²) in [5.74, 6) is 1.36. The van der Waals surface area contributed by atoms with Gasteiger partial charge in [0, 0.05) is 29.9 Å². The zero-order valence-corrected chi connectivity index (χ0v) is 14.1. The first-order chi connectivity index (χ1) is 11.2. The predicted molar refractivity (Wildman–Crippen MR) is 93.9 cm³/mol. The van der Waals surface area contributed by atoms with E-state index in [1.54, 1.807) is 13.3 Å². The number of guanidine groups is 1. The number of aliphatic imine (C=N–C) groups is 1. The Morgan fingerprint density at radius 3 is 2.70 bits per heavy atom. The molecule has 0 spiro atoms. The van der Waals surface area contributed by atoms with Crippen LogP contribution in [0.15, 0.2) is 47.6 Å². The van der Waals surface area contributed by atoms with Gasteiger partial charge in [-0.05, 0) is 30.7 Å². The van der Waals surface area contributed by atoms with Gasteiger partial charge in [0.05, 0.1) is 13.7 Å². The lowest BCUT2D eigenvalue weighted by atomic mass is 10.2. The Kier molecular flexibility index (Phi) is 6.69. The lowest BCUT2D eigenvalue weighted by Gasteiger charge is -2.12. The van der Waals surface area contributed by atoms with Gasteiger partial charge in [0.25, 0.3) is 0 Å². The number of halogens is 1. The second-order valence-electron chi connectivity index (χ2n) is 4.85. The zero-order chi connectivity index (χ0) is 16.5. The molecule has 5 nitrogen and oxygen atoms in total. The van der Waals surface area contributed by atoms with Crippen LogP contribution in [0.3, 0.4) is 0 Å². The summed E-state index contributed by atoms with van der Waals surface area (Å²) in [6.07, 6.45) is 1.71. The molecule has 0 unspecified atom stereocenters. The summed E-state index contributed by atoms with van der Waals surface area (Å²) < 4.78 is 5.25. The average molecular weight is 333 g/mol. The molecule has 1 aromatic carbocycles. The van der Waals surface area contributed by atoms with Crippen LogP contribution in [0.4, 0.5) is 0 Å². The van der Waals surface area contributed by atoms with Gasteiger partial charge in [0.2, 0.25) is 5.88 Å². The van der Waals surface area contributed by atoms with Crippen molar-refractivity contribution >= 4 is 17.6 Å². The molecule has 0 fully saturated rings. The molecule has 2 aromatic rings. The molecule has 23 heavy (non-hydrogen) atoms. The van der Waals surface area contributed by atoms with Crippen LogP contribution in [0.1, 0.15) is 18.1 Å². The fourth-order valence-corrected chi connectivity index (χ4v) is 2.15. The molecule has 0 aliphatic carbocycles. The first-order valence-electron chi connectivity index (χ1n) is 7.47. The summed E-state index contributed by atoms with van der Waals surface area (Å²) in [5, 5.41) is 7.24. The van der Waals surface area contributed by atoms with Crippen molar-refractivity contribution in [2.24, 2.45) is 4.99 Å². The molecule has 0 amide bonds. The van der Waals surface area contributed by atoms with Crippen LogP contribution in [0.25, 0.3) is 0 Å². The molecule has 1 aromatic heterocycles. The average Bonchev–Trinajstić information content (AvgIpc) is 2.59. The van der Waals surface area contributed by atoms with Crippen molar-refractivity contribution in [1.82, 2.24) is 15.6 Å². The van der Waals surface area contributed by atoms with E-state index in [1.807, 2.05) is 43.3 Å². The summed E-state index contributed by atoms with van der Waals surface area (Å²) in [6.45, 7) is 3.99. The van der Waals surface area contributed by atoms with Gasteiger partial charge in [-0.3, -0.25) is 0 Å². The van der Waals surface area contributed by atoms with Crippen LogP contribution in [-0.2, 0) is 13.1 Å². The number of benzene rings is 1. The third-order valence-electron chi connectivity index (χ3n) is 3.17. The monoisotopic (exact) mass is 332 g/mol. The van der Waals surface area contributed by atoms with Gasteiger partial charge in [0.1, 0.15) is 0 Å². The van der Waals surface area contributed by atoms with Gasteiger partial charge in [0.15, 0.2) is 5.96 Å². The van der Waals surface area contributed by atoms with E-state index in [2.05, 4.69) is 20.6 Å². The lowest BCUT2D eigenvalue weighted by Crippen LogP contribution is -2.36. The third-order valence-corrected chi connectivity index (χ3v) is 3.42. The van der Waals surface area contributed by atoms with E-state index in [9.17, 15) is 0 Å². The number of rotatable bonds is 6. The van der Waals surface area contributed by atoms with Gasteiger partial charge >= 0.3 is 0 Å². The second kappa shape index (κ2) is 9.00. The van der Waals surface area contributed by atoms with E-state index in [0.29, 0.717) is 19.0 Å². The number of hydrogen-bond acceptors (Lipinski definition) is 3. The van der Waals surface area contributed by atoms with Crippen LogP contribution in [0.2, 0.25) is 5.02 Å². The number of nitrogens with zero attached hydrogens (tertiary/aromatic N) is 2. The van der Waals surface area contributed by atoms with E-state index in [0.717, 1.165) is 28.7 Å². The molecule has 2 rings (SSSR count). The Morgan fingerprint density at radius 1 is 1.22 bits per heavy atom. The normalized spacial score (nSPS) is 11.2. The van der Waals surface area contributed by atoms with Gasteiger partial charge in [-0.25, -0.2) is 9.98 Å². The van der Waals surface area contributed by atoms with Crippen molar-refractivity contribution in [3.05, 3.63) is 58.7 Å². The fraction of sp³-hybridized carbons (Fsp3) is 0.294. The Bertz CT molecular complexity index is 643. The highest BCUT2D eigenvalue weighted by Gasteiger charge is 2.04. The minimum Gasteiger partial charge on any atom is -0.481 e. The summed E-state index contributed by atoms with van der Waals surface area (Å²) in [7, 11) is 1.62. The molecular weight excluding hydrogens is 312 g/mol. The highest BCUT2D eigenvalue weighted by molar-refractivity contribution is 6.30. The van der Waals surface area contributed by atoms with Crippen LogP contribution < -0.4 is 15.4 Å². The van der Waals surface area contributed by atoms with E-state index in [4.69, 9.17) is 16.3 Å². The summed E-state index contributed by atoms with van der Waals surface area (Å²) in [6, 6.07) is 11.5. The number of pyridine rings is 1. The molecule has 0 saturated heterocycles. The summed E-state index contributed by atoms with van der Waals surface area (Å²) in [5.41, 5.74) is 2.08. The maximum absolute atomic E-state index is 5.89. The number of nitrogens with one attached hydrogen (secondary N) is 2. The third kappa shape index (κ3) is 5.45. The topological polar surface area (TPSA) is 58.5 Å². The van der Waals surface area contributed by atoms with Crippen molar-refractivity contribution in [1.29, 1.82) is 0 Å². The molecule has 6 heteroatoms. The van der Waals surface area contributed by atoms with Crippen LogP contribution in [0.5, 0.6) is 5.88 Å². The molecule has 1 heterocycles. The molecular formula is C17H21ClN4O. The van der Waals surface area contributed by atoms with Gasteiger partial charge in [-0.15, -0.1) is 0 Å². The predicted octanol–water partition coefficient (Wildman–Crippen LogP) is 3.00. The number of hydrogen-bond donors (Lipinski definition) is 2. The van der Waals surface area contributed by atoms with Crippen LogP contribution in [0, 0.1) is 0 Å². The van der Waals surface area contributed by atoms with Crippen molar-refractivity contribution < 1.29 is 4.74 Å². The van der Waals surface area contributed by atoms with Crippen LogP contribution >= 0.6 is 11.6 Å². The maximum atomic E-state index is 5.89.